The van der Waals surface area contributed by atoms with Crippen LogP contribution in [0.3, 0.4) is 0 Å². The van der Waals surface area contributed by atoms with Crippen LogP contribution in [0.5, 0.6) is 0 Å². The predicted molar refractivity (Wildman–Crippen MR) is 64.8 cm³/mol. The molecule has 0 saturated heterocycles. The Labute approximate surface area is 104 Å². The number of aromatic carboxylic acids is 1. The van der Waals surface area contributed by atoms with Crippen LogP contribution in [0.25, 0.3) is 5.82 Å². The summed E-state index contributed by atoms with van der Waals surface area (Å²) in [6.07, 6.45) is 4.88. The number of hydrogen-bond donors (Lipinski definition) is 1. The van der Waals surface area contributed by atoms with Gasteiger partial charge in [-0.3, -0.25) is 4.98 Å². The van der Waals surface area contributed by atoms with Gasteiger partial charge >= 0.3 is 5.97 Å². The summed E-state index contributed by atoms with van der Waals surface area (Å²) in [5.74, 6) is -0.497. The van der Waals surface area contributed by atoms with Crippen LogP contribution in [0, 0.1) is 6.92 Å². The molecule has 0 amide bonds. The molecule has 0 aliphatic carbocycles. The molecule has 6 heteroatoms. The van der Waals surface area contributed by atoms with Crippen molar-refractivity contribution in [1.29, 1.82) is 0 Å². The summed E-state index contributed by atoms with van der Waals surface area (Å²) in [6.45, 7) is 3.87. The fraction of sp³-hybridized carbons (Fsp3) is 0.333. The van der Waals surface area contributed by atoms with Gasteiger partial charge in [0.15, 0.2) is 11.5 Å². The lowest BCUT2D eigenvalue weighted by molar-refractivity contribution is 0.0690. The van der Waals surface area contributed by atoms with Crippen molar-refractivity contribution in [2.75, 3.05) is 0 Å². The van der Waals surface area contributed by atoms with Gasteiger partial charge in [0.1, 0.15) is 0 Å². The number of carboxylic acid groups (broad SMARTS) is 1. The molecule has 2 heterocycles. The van der Waals surface area contributed by atoms with E-state index in [4.69, 9.17) is 5.11 Å². The minimum atomic E-state index is -1.04. The molecule has 0 unspecified atom stereocenters. The number of hydrogen-bond acceptors (Lipinski definition) is 4. The Morgan fingerprint density at radius 1 is 1.39 bits per heavy atom. The highest BCUT2D eigenvalue weighted by Gasteiger charge is 2.14. The minimum absolute atomic E-state index is 0.0285. The summed E-state index contributed by atoms with van der Waals surface area (Å²) in [4.78, 5) is 19.3. The van der Waals surface area contributed by atoms with Crippen molar-refractivity contribution < 1.29 is 9.90 Å². The number of aryl methyl sites for hydroxylation is 2. The first kappa shape index (κ1) is 12.2. The molecule has 0 aromatic carbocycles. The van der Waals surface area contributed by atoms with E-state index in [1.54, 1.807) is 23.1 Å². The van der Waals surface area contributed by atoms with E-state index >= 15 is 0 Å². The van der Waals surface area contributed by atoms with E-state index in [0.717, 1.165) is 24.2 Å². The van der Waals surface area contributed by atoms with Crippen LogP contribution in [0.1, 0.15) is 35.2 Å². The van der Waals surface area contributed by atoms with Crippen LogP contribution in [-0.4, -0.2) is 30.8 Å². The Hall–Kier alpha value is -2.24. The number of nitrogens with zero attached hydrogens (tertiary/aromatic N) is 4. The second kappa shape index (κ2) is 4.95. The minimum Gasteiger partial charge on any atom is -0.476 e. The molecule has 1 N–H and O–H groups in total. The number of carbonyl (C=O) groups is 1. The average Bonchev–Trinajstić information content (AvgIpc) is 2.75. The molecular formula is C12H14N4O2. The van der Waals surface area contributed by atoms with E-state index in [9.17, 15) is 4.79 Å². The number of carboxylic acids is 1. The van der Waals surface area contributed by atoms with Crippen molar-refractivity contribution in [3.05, 3.63) is 35.5 Å². The van der Waals surface area contributed by atoms with Crippen molar-refractivity contribution in [2.45, 2.75) is 26.7 Å². The van der Waals surface area contributed by atoms with Gasteiger partial charge in [0.2, 0.25) is 0 Å². The number of rotatable bonds is 4. The van der Waals surface area contributed by atoms with Gasteiger partial charge in [-0.1, -0.05) is 13.3 Å². The van der Waals surface area contributed by atoms with Gasteiger partial charge in [0.25, 0.3) is 0 Å². The third kappa shape index (κ3) is 2.37. The van der Waals surface area contributed by atoms with E-state index in [2.05, 4.69) is 15.1 Å². The molecule has 0 atom stereocenters. The van der Waals surface area contributed by atoms with Gasteiger partial charge in [-0.2, -0.15) is 5.10 Å². The third-order valence-corrected chi connectivity index (χ3v) is 2.49. The summed E-state index contributed by atoms with van der Waals surface area (Å²) in [5, 5.41) is 13.0. The van der Waals surface area contributed by atoms with Gasteiger partial charge in [-0.15, -0.1) is 0 Å². The van der Waals surface area contributed by atoms with Crippen LogP contribution < -0.4 is 0 Å². The molecule has 94 valence electrons. The molecule has 2 aromatic heterocycles. The molecular weight excluding hydrogens is 232 g/mol. The maximum atomic E-state index is 10.9. The molecule has 2 rings (SSSR count). The molecule has 0 aliphatic rings. The molecule has 0 radical (unpaired) electrons. The SMILES string of the molecule is CCCc1cc(C(=O)O)nn1-c1cnc(C)cn1. The van der Waals surface area contributed by atoms with Gasteiger partial charge in [-0.05, 0) is 19.4 Å². The zero-order valence-electron chi connectivity index (χ0n) is 10.3. The number of aromatic nitrogens is 4. The predicted octanol–water partition coefficient (Wildman–Crippen LogP) is 1.62. The van der Waals surface area contributed by atoms with Crippen molar-refractivity contribution in [1.82, 2.24) is 19.7 Å². The zero-order chi connectivity index (χ0) is 13.1. The summed E-state index contributed by atoms with van der Waals surface area (Å²) in [6, 6.07) is 1.58. The molecule has 18 heavy (non-hydrogen) atoms. The van der Waals surface area contributed by atoms with E-state index in [-0.39, 0.29) is 5.69 Å². The quantitative estimate of drug-likeness (QED) is 0.886. The smallest absolute Gasteiger partial charge is 0.356 e. The monoisotopic (exact) mass is 246 g/mol. The lowest BCUT2D eigenvalue weighted by Gasteiger charge is -2.04. The maximum absolute atomic E-state index is 10.9. The standard InChI is InChI=1S/C12H14N4O2/c1-3-4-9-5-10(12(17)18)15-16(9)11-7-13-8(2)6-14-11/h5-7H,3-4H2,1-2H3,(H,17,18). The highest BCUT2D eigenvalue weighted by Crippen LogP contribution is 2.12. The van der Waals surface area contributed by atoms with E-state index < -0.39 is 5.97 Å². The van der Waals surface area contributed by atoms with Crippen LogP contribution >= 0.6 is 0 Å². The molecule has 2 aromatic rings. The molecule has 6 nitrogen and oxygen atoms in total. The van der Waals surface area contributed by atoms with Crippen molar-refractivity contribution >= 4 is 5.97 Å². The first-order valence-electron chi connectivity index (χ1n) is 5.73. The van der Waals surface area contributed by atoms with Crippen LogP contribution in [-0.2, 0) is 6.42 Å². The van der Waals surface area contributed by atoms with Gasteiger partial charge in [0, 0.05) is 5.69 Å². The maximum Gasteiger partial charge on any atom is 0.356 e. The van der Waals surface area contributed by atoms with E-state index in [1.165, 1.54) is 0 Å². The molecule has 0 fully saturated rings. The van der Waals surface area contributed by atoms with E-state index in [0.29, 0.717) is 5.82 Å². The molecule has 0 spiro atoms. The van der Waals surface area contributed by atoms with Gasteiger partial charge < -0.3 is 5.11 Å². The first-order valence-corrected chi connectivity index (χ1v) is 5.73. The Morgan fingerprint density at radius 2 is 2.17 bits per heavy atom. The van der Waals surface area contributed by atoms with Crippen molar-refractivity contribution in [3.63, 3.8) is 0 Å². The molecule has 0 saturated carbocycles. The van der Waals surface area contributed by atoms with Crippen LogP contribution in [0.4, 0.5) is 0 Å². The fourth-order valence-corrected chi connectivity index (χ4v) is 1.65. The first-order chi connectivity index (χ1) is 8.61. The molecule has 0 aliphatic heterocycles. The van der Waals surface area contributed by atoms with Crippen molar-refractivity contribution in [2.24, 2.45) is 0 Å². The summed E-state index contributed by atoms with van der Waals surface area (Å²) >= 11 is 0. The second-order valence-electron chi connectivity index (χ2n) is 4.00. The summed E-state index contributed by atoms with van der Waals surface area (Å²) < 4.78 is 1.54. The normalized spacial score (nSPS) is 10.6. The Kier molecular flexibility index (Phi) is 3.36. The second-order valence-corrected chi connectivity index (χ2v) is 4.00. The Bertz CT molecular complexity index is 560. The van der Waals surface area contributed by atoms with Gasteiger partial charge in [-0.25, -0.2) is 14.5 Å². The average molecular weight is 246 g/mol. The Morgan fingerprint density at radius 3 is 2.72 bits per heavy atom. The third-order valence-electron chi connectivity index (χ3n) is 2.49. The van der Waals surface area contributed by atoms with Crippen LogP contribution in [0.15, 0.2) is 18.5 Å². The molecule has 0 bridgehead atoms. The lowest BCUT2D eigenvalue weighted by Crippen LogP contribution is -2.06. The lowest BCUT2D eigenvalue weighted by atomic mass is 10.2. The topological polar surface area (TPSA) is 80.9 Å². The fourth-order valence-electron chi connectivity index (χ4n) is 1.65. The highest BCUT2D eigenvalue weighted by atomic mass is 16.4. The van der Waals surface area contributed by atoms with E-state index in [1.807, 2.05) is 13.8 Å². The largest absolute Gasteiger partial charge is 0.476 e. The van der Waals surface area contributed by atoms with Crippen molar-refractivity contribution in [3.8, 4) is 5.82 Å². The Balaban J connectivity index is 2.47. The zero-order valence-corrected chi connectivity index (χ0v) is 10.3. The summed E-state index contributed by atoms with van der Waals surface area (Å²) in [5.41, 5.74) is 1.66. The van der Waals surface area contributed by atoms with Crippen LogP contribution in [0.2, 0.25) is 0 Å². The highest BCUT2D eigenvalue weighted by molar-refractivity contribution is 5.85. The van der Waals surface area contributed by atoms with Gasteiger partial charge in [0.05, 0.1) is 18.1 Å². The summed E-state index contributed by atoms with van der Waals surface area (Å²) in [7, 11) is 0.